The summed E-state index contributed by atoms with van der Waals surface area (Å²) in [7, 11) is 0. The molecule has 0 aliphatic carbocycles. The highest BCUT2D eigenvalue weighted by Gasteiger charge is 2.14. The Balaban J connectivity index is 2.29. The average molecular weight is 366 g/mol. The van der Waals surface area contributed by atoms with E-state index in [1.165, 1.54) is 22.5 Å². The zero-order valence-electron chi connectivity index (χ0n) is 12.7. The van der Waals surface area contributed by atoms with Gasteiger partial charge in [0.05, 0.1) is 9.35 Å². The van der Waals surface area contributed by atoms with E-state index in [-0.39, 0.29) is 5.91 Å². The molecule has 2 aromatic rings. The zero-order chi connectivity index (χ0) is 15.6. The number of amides is 1. The van der Waals surface area contributed by atoms with Crippen LogP contribution in [0.5, 0.6) is 0 Å². The fraction of sp³-hybridized carbons (Fsp3) is 0.353. The van der Waals surface area contributed by atoms with Crippen molar-refractivity contribution >= 4 is 38.9 Å². The van der Waals surface area contributed by atoms with E-state index in [2.05, 4.69) is 61.1 Å². The van der Waals surface area contributed by atoms with E-state index in [1.54, 1.807) is 0 Å². The smallest absolute Gasteiger partial charge is 0.256 e. The second-order valence-corrected chi connectivity index (χ2v) is 8.04. The molecule has 2 nitrogen and oxygen atoms in total. The molecule has 0 unspecified atom stereocenters. The van der Waals surface area contributed by atoms with Crippen molar-refractivity contribution in [2.75, 3.05) is 5.32 Å². The lowest BCUT2D eigenvalue weighted by Crippen LogP contribution is -2.13. The molecular formula is C17H20BrNOS. The molecule has 1 heterocycles. The van der Waals surface area contributed by atoms with Gasteiger partial charge in [-0.15, -0.1) is 11.3 Å². The predicted molar refractivity (Wildman–Crippen MR) is 94.6 cm³/mol. The number of anilines is 1. The predicted octanol–water partition coefficient (Wildman–Crippen LogP) is 6.01. The first-order chi connectivity index (χ1) is 9.88. The highest BCUT2D eigenvalue weighted by atomic mass is 79.9. The Kier molecular flexibility index (Phi) is 5.22. The molecule has 112 valence electrons. The van der Waals surface area contributed by atoms with E-state index in [0.717, 1.165) is 9.47 Å². The first-order valence-electron chi connectivity index (χ1n) is 7.07. The quantitative estimate of drug-likeness (QED) is 0.705. The minimum absolute atomic E-state index is 0.0591. The molecule has 0 radical (unpaired) electrons. The van der Waals surface area contributed by atoms with Crippen LogP contribution in [0.4, 0.5) is 5.69 Å². The van der Waals surface area contributed by atoms with Gasteiger partial charge in [0.25, 0.3) is 5.91 Å². The van der Waals surface area contributed by atoms with Gasteiger partial charge in [0.1, 0.15) is 0 Å². The second kappa shape index (κ2) is 6.75. The van der Waals surface area contributed by atoms with Crippen LogP contribution < -0.4 is 5.32 Å². The molecule has 0 aliphatic heterocycles. The molecule has 4 heteroatoms. The van der Waals surface area contributed by atoms with Crippen LogP contribution in [0, 0.1) is 0 Å². The van der Waals surface area contributed by atoms with Gasteiger partial charge >= 0.3 is 0 Å². The Bertz CT molecular complexity index is 646. The summed E-state index contributed by atoms with van der Waals surface area (Å²) >= 11 is 4.90. The summed E-state index contributed by atoms with van der Waals surface area (Å²) in [6, 6.07) is 8.16. The number of rotatable bonds is 4. The minimum atomic E-state index is -0.0591. The summed E-state index contributed by atoms with van der Waals surface area (Å²) in [6.07, 6.45) is 0. The van der Waals surface area contributed by atoms with Gasteiger partial charge in [0.15, 0.2) is 0 Å². The van der Waals surface area contributed by atoms with Crippen LogP contribution >= 0.6 is 27.3 Å². The number of carbonyl (C=O) groups is 1. The standard InChI is InChI=1S/C17H20BrNOS/c1-10(2)12-5-6-15(14(7-12)11(3)4)19-17(20)13-8-16(18)21-9-13/h5-11H,1-4H3,(H,19,20). The highest BCUT2D eigenvalue weighted by Crippen LogP contribution is 2.29. The van der Waals surface area contributed by atoms with Crippen LogP contribution in [0.1, 0.15) is 61.0 Å². The van der Waals surface area contributed by atoms with E-state index in [9.17, 15) is 4.79 Å². The molecule has 2 rings (SSSR count). The van der Waals surface area contributed by atoms with Gasteiger partial charge < -0.3 is 5.32 Å². The number of carbonyl (C=O) groups excluding carboxylic acids is 1. The van der Waals surface area contributed by atoms with E-state index in [4.69, 9.17) is 0 Å². The SMILES string of the molecule is CC(C)c1ccc(NC(=O)c2csc(Br)c2)c(C(C)C)c1. The number of hydrogen-bond donors (Lipinski definition) is 1. The highest BCUT2D eigenvalue weighted by molar-refractivity contribution is 9.11. The maximum Gasteiger partial charge on any atom is 0.256 e. The normalized spacial score (nSPS) is 11.2. The third-order valence-electron chi connectivity index (χ3n) is 3.44. The van der Waals surface area contributed by atoms with Gasteiger partial charge in [-0.25, -0.2) is 0 Å². The number of thiophene rings is 1. The van der Waals surface area contributed by atoms with Crippen molar-refractivity contribution < 1.29 is 4.79 Å². The van der Waals surface area contributed by atoms with Crippen LogP contribution in [0.25, 0.3) is 0 Å². The summed E-state index contributed by atoms with van der Waals surface area (Å²) in [4.78, 5) is 12.3. The number of nitrogens with one attached hydrogen (secondary N) is 1. The first-order valence-corrected chi connectivity index (χ1v) is 8.75. The monoisotopic (exact) mass is 365 g/mol. The fourth-order valence-electron chi connectivity index (χ4n) is 2.16. The van der Waals surface area contributed by atoms with Crippen molar-refractivity contribution in [1.82, 2.24) is 0 Å². The van der Waals surface area contributed by atoms with Gasteiger partial charge in [-0.05, 0) is 51.0 Å². The Morgan fingerprint density at radius 1 is 1.14 bits per heavy atom. The number of hydrogen-bond acceptors (Lipinski definition) is 2. The van der Waals surface area contributed by atoms with Crippen LogP contribution in [0.2, 0.25) is 0 Å². The lowest BCUT2D eigenvalue weighted by atomic mass is 9.94. The van der Waals surface area contributed by atoms with Crippen molar-refractivity contribution in [2.24, 2.45) is 0 Å². The van der Waals surface area contributed by atoms with E-state index in [1.807, 2.05) is 17.5 Å². The Labute approximate surface area is 138 Å². The molecule has 21 heavy (non-hydrogen) atoms. The lowest BCUT2D eigenvalue weighted by Gasteiger charge is -2.16. The molecular weight excluding hydrogens is 346 g/mol. The molecule has 0 bridgehead atoms. The van der Waals surface area contributed by atoms with Crippen molar-refractivity contribution in [3.05, 3.63) is 50.1 Å². The Morgan fingerprint density at radius 2 is 1.86 bits per heavy atom. The van der Waals surface area contributed by atoms with Crippen LogP contribution in [-0.2, 0) is 0 Å². The summed E-state index contributed by atoms with van der Waals surface area (Å²) in [5.74, 6) is 0.796. The van der Waals surface area contributed by atoms with E-state index < -0.39 is 0 Å². The fourth-order valence-corrected chi connectivity index (χ4v) is 3.29. The molecule has 1 aromatic heterocycles. The Morgan fingerprint density at radius 3 is 2.38 bits per heavy atom. The Hall–Kier alpha value is -1.13. The largest absolute Gasteiger partial charge is 0.322 e. The van der Waals surface area contributed by atoms with Crippen LogP contribution in [-0.4, -0.2) is 5.91 Å². The van der Waals surface area contributed by atoms with Gasteiger partial charge in [-0.2, -0.15) is 0 Å². The zero-order valence-corrected chi connectivity index (χ0v) is 15.1. The van der Waals surface area contributed by atoms with Crippen LogP contribution in [0.3, 0.4) is 0 Å². The van der Waals surface area contributed by atoms with E-state index in [0.29, 0.717) is 17.4 Å². The van der Waals surface area contributed by atoms with Gasteiger partial charge in [-0.1, -0.05) is 39.8 Å². The first kappa shape index (κ1) is 16.2. The summed E-state index contributed by atoms with van der Waals surface area (Å²) in [5.41, 5.74) is 4.08. The molecule has 1 amide bonds. The van der Waals surface area contributed by atoms with Crippen molar-refractivity contribution in [1.29, 1.82) is 0 Å². The minimum Gasteiger partial charge on any atom is -0.322 e. The molecule has 0 saturated heterocycles. The summed E-state index contributed by atoms with van der Waals surface area (Å²) in [6.45, 7) is 8.66. The van der Waals surface area contributed by atoms with Crippen molar-refractivity contribution in [3.63, 3.8) is 0 Å². The molecule has 1 N–H and O–H groups in total. The maximum atomic E-state index is 12.3. The molecule has 0 saturated carbocycles. The molecule has 0 atom stereocenters. The summed E-state index contributed by atoms with van der Waals surface area (Å²) < 4.78 is 0.965. The third-order valence-corrected chi connectivity index (χ3v) is 4.95. The third kappa shape index (κ3) is 3.95. The molecule has 0 aliphatic rings. The van der Waals surface area contributed by atoms with E-state index >= 15 is 0 Å². The number of benzene rings is 1. The second-order valence-electron chi connectivity index (χ2n) is 5.75. The van der Waals surface area contributed by atoms with Crippen molar-refractivity contribution in [2.45, 2.75) is 39.5 Å². The number of halogens is 1. The summed E-state index contributed by atoms with van der Waals surface area (Å²) in [5, 5.41) is 4.89. The molecule has 0 spiro atoms. The van der Waals surface area contributed by atoms with Gasteiger partial charge in [0.2, 0.25) is 0 Å². The molecule has 0 fully saturated rings. The van der Waals surface area contributed by atoms with Crippen molar-refractivity contribution in [3.8, 4) is 0 Å². The average Bonchev–Trinajstić information content (AvgIpc) is 2.85. The van der Waals surface area contributed by atoms with Gasteiger partial charge in [-0.3, -0.25) is 4.79 Å². The molecule has 1 aromatic carbocycles. The topological polar surface area (TPSA) is 29.1 Å². The maximum absolute atomic E-state index is 12.3. The van der Waals surface area contributed by atoms with Gasteiger partial charge in [0, 0.05) is 11.1 Å². The lowest BCUT2D eigenvalue weighted by molar-refractivity contribution is 0.102. The van der Waals surface area contributed by atoms with Crippen LogP contribution in [0.15, 0.2) is 33.4 Å².